The number of carbonyl (C=O) groups is 3. The number of benzene rings is 2. The number of para-hydroxylation sites is 1. The highest BCUT2D eigenvalue weighted by Gasteiger charge is 2.43. The normalized spacial score (nSPS) is 17.7. The molecule has 0 radical (unpaired) electrons. The van der Waals surface area contributed by atoms with Gasteiger partial charge in [0.2, 0.25) is 5.91 Å². The number of hydrogen-bond donors (Lipinski definition) is 2. The van der Waals surface area contributed by atoms with Gasteiger partial charge in [-0.1, -0.05) is 30.3 Å². The van der Waals surface area contributed by atoms with Crippen molar-refractivity contribution < 1.29 is 23.9 Å². The Labute approximate surface area is 179 Å². The van der Waals surface area contributed by atoms with Gasteiger partial charge < -0.3 is 20.1 Å². The third-order valence-corrected chi connectivity index (χ3v) is 5.13. The zero-order valence-corrected chi connectivity index (χ0v) is 17.3. The van der Waals surface area contributed by atoms with Crippen LogP contribution in [0, 0.1) is 6.92 Å². The Hall–Kier alpha value is -3.81. The number of urea groups is 1. The molecule has 0 saturated heterocycles. The molecular weight excluding hydrogens is 398 g/mol. The van der Waals surface area contributed by atoms with Crippen molar-refractivity contribution in [2.75, 3.05) is 25.1 Å². The molecule has 0 fully saturated rings. The molecule has 0 aromatic heterocycles. The van der Waals surface area contributed by atoms with Gasteiger partial charge in [-0.25, -0.2) is 9.59 Å². The molecule has 160 valence electrons. The topological polar surface area (TPSA) is 97.0 Å². The van der Waals surface area contributed by atoms with Crippen LogP contribution in [-0.2, 0) is 14.3 Å². The van der Waals surface area contributed by atoms with Crippen LogP contribution in [-0.4, -0.2) is 42.6 Å². The molecule has 31 heavy (non-hydrogen) atoms. The second-order valence-corrected chi connectivity index (χ2v) is 7.29. The highest BCUT2D eigenvalue weighted by Crippen LogP contribution is 2.38. The lowest BCUT2D eigenvalue weighted by Gasteiger charge is -2.33. The minimum atomic E-state index is -0.712. The van der Waals surface area contributed by atoms with Crippen molar-refractivity contribution >= 4 is 23.6 Å². The summed E-state index contributed by atoms with van der Waals surface area (Å²) in [6, 6.07) is 13.4. The zero-order chi connectivity index (χ0) is 22.0. The highest BCUT2D eigenvalue weighted by molar-refractivity contribution is 6.00. The molecule has 2 heterocycles. The Balaban J connectivity index is 1.62. The van der Waals surface area contributed by atoms with Crippen LogP contribution < -0.4 is 15.4 Å². The van der Waals surface area contributed by atoms with Crippen LogP contribution in [0.3, 0.4) is 0 Å². The summed E-state index contributed by atoms with van der Waals surface area (Å²) in [6.07, 6.45) is 0. The lowest BCUT2D eigenvalue weighted by molar-refractivity contribution is -0.136. The van der Waals surface area contributed by atoms with Crippen LogP contribution in [0.15, 0.2) is 59.8 Å². The average molecular weight is 421 g/mol. The average Bonchev–Trinajstić information content (AvgIpc) is 3.12. The summed E-state index contributed by atoms with van der Waals surface area (Å²) < 4.78 is 10.9. The Morgan fingerprint density at radius 3 is 2.81 bits per heavy atom. The lowest BCUT2D eigenvalue weighted by Crippen LogP contribution is -2.49. The Morgan fingerprint density at radius 1 is 1.23 bits per heavy atom. The molecule has 2 aromatic rings. The number of rotatable bonds is 6. The van der Waals surface area contributed by atoms with E-state index in [1.807, 2.05) is 44.2 Å². The standard InChI is InChI=1S/C23H23N3O5/c1-3-30-18-10-5-4-9-16(18)21-20-17(13-31-22(20)28)26(23(29)25-21)12-19(27)24-15-8-6-7-14(2)11-15/h4-11,21H,3,12-13H2,1-2H3,(H,24,27)(H,25,29). The third kappa shape index (κ3) is 4.09. The summed E-state index contributed by atoms with van der Waals surface area (Å²) in [7, 11) is 0. The van der Waals surface area contributed by atoms with Gasteiger partial charge in [0.15, 0.2) is 0 Å². The van der Waals surface area contributed by atoms with Crippen LogP contribution in [0.1, 0.15) is 24.1 Å². The molecule has 0 bridgehead atoms. The number of cyclic esters (lactones) is 1. The second-order valence-electron chi connectivity index (χ2n) is 7.29. The fraction of sp³-hybridized carbons (Fsp3) is 0.261. The summed E-state index contributed by atoms with van der Waals surface area (Å²) in [5, 5.41) is 5.61. The van der Waals surface area contributed by atoms with E-state index in [2.05, 4.69) is 10.6 Å². The van der Waals surface area contributed by atoms with E-state index < -0.39 is 18.0 Å². The molecule has 2 aliphatic rings. The molecule has 8 nitrogen and oxygen atoms in total. The highest BCUT2D eigenvalue weighted by atomic mass is 16.5. The molecule has 3 amide bonds. The van der Waals surface area contributed by atoms with Crippen LogP contribution in [0.25, 0.3) is 0 Å². The fourth-order valence-electron chi connectivity index (χ4n) is 3.78. The molecule has 0 aliphatic carbocycles. The van der Waals surface area contributed by atoms with Gasteiger partial charge in [-0.3, -0.25) is 9.69 Å². The van der Waals surface area contributed by atoms with Crippen molar-refractivity contribution in [3.8, 4) is 5.75 Å². The van der Waals surface area contributed by atoms with Crippen molar-refractivity contribution in [3.05, 3.63) is 70.9 Å². The van der Waals surface area contributed by atoms with Crippen LogP contribution in [0.2, 0.25) is 0 Å². The van der Waals surface area contributed by atoms with E-state index in [0.717, 1.165) is 5.56 Å². The zero-order valence-electron chi connectivity index (χ0n) is 17.3. The summed E-state index contributed by atoms with van der Waals surface area (Å²) in [5.41, 5.74) is 3.01. The molecule has 4 rings (SSSR count). The first-order chi connectivity index (χ1) is 15.0. The van der Waals surface area contributed by atoms with Gasteiger partial charge >= 0.3 is 12.0 Å². The number of nitrogens with zero attached hydrogens (tertiary/aromatic N) is 1. The van der Waals surface area contributed by atoms with Crippen LogP contribution in [0.5, 0.6) is 5.75 Å². The maximum atomic E-state index is 12.9. The first kappa shape index (κ1) is 20.5. The third-order valence-electron chi connectivity index (χ3n) is 5.13. The summed E-state index contributed by atoms with van der Waals surface area (Å²) >= 11 is 0. The molecule has 2 aromatic carbocycles. The Morgan fingerprint density at radius 2 is 2.03 bits per heavy atom. The fourth-order valence-corrected chi connectivity index (χ4v) is 3.78. The largest absolute Gasteiger partial charge is 0.494 e. The summed E-state index contributed by atoms with van der Waals surface area (Å²) in [5.74, 6) is -0.317. The first-order valence-corrected chi connectivity index (χ1v) is 10.0. The predicted octanol–water partition coefficient (Wildman–Crippen LogP) is 2.91. The number of hydrogen-bond acceptors (Lipinski definition) is 5. The predicted molar refractivity (Wildman–Crippen MR) is 113 cm³/mol. The van der Waals surface area contributed by atoms with Gasteiger partial charge in [0.05, 0.1) is 23.9 Å². The maximum absolute atomic E-state index is 12.9. The smallest absolute Gasteiger partial charge is 0.338 e. The van der Waals surface area contributed by atoms with E-state index in [1.165, 1.54) is 4.90 Å². The number of nitrogens with one attached hydrogen (secondary N) is 2. The summed E-state index contributed by atoms with van der Waals surface area (Å²) in [6.45, 7) is 3.92. The molecule has 1 unspecified atom stereocenters. The SMILES string of the molecule is CCOc1ccccc1C1NC(=O)N(CC(=O)Nc2cccc(C)c2)C2=C1C(=O)OC2. The van der Waals surface area contributed by atoms with Gasteiger partial charge in [0.25, 0.3) is 0 Å². The first-order valence-electron chi connectivity index (χ1n) is 10.0. The monoisotopic (exact) mass is 421 g/mol. The lowest BCUT2D eigenvalue weighted by atomic mass is 9.95. The van der Waals surface area contributed by atoms with Crippen molar-refractivity contribution in [2.24, 2.45) is 0 Å². The number of aryl methyl sites for hydroxylation is 1. The molecule has 2 aliphatic heterocycles. The van der Waals surface area contributed by atoms with E-state index in [-0.39, 0.29) is 19.1 Å². The number of ether oxygens (including phenoxy) is 2. The number of carbonyl (C=O) groups excluding carboxylic acids is 3. The molecule has 2 N–H and O–H groups in total. The van der Waals surface area contributed by atoms with E-state index in [0.29, 0.717) is 34.9 Å². The van der Waals surface area contributed by atoms with E-state index in [9.17, 15) is 14.4 Å². The summed E-state index contributed by atoms with van der Waals surface area (Å²) in [4.78, 5) is 39.3. The molecule has 8 heteroatoms. The minimum Gasteiger partial charge on any atom is -0.494 e. The van der Waals surface area contributed by atoms with Gasteiger partial charge in [-0.05, 0) is 37.6 Å². The van der Waals surface area contributed by atoms with Gasteiger partial charge in [0, 0.05) is 11.3 Å². The van der Waals surface area contributed by atoms with Gasteiger partial charge in [-0.2, -0.15) is 0 Å². The molecule has 1 atom stereocenters. The van der Waals surface area contributed by atoms with Crippen molar-refractivity contribution in [1.29, 1.82) is 0 Å². The number of esters is 1. The van der Waals surface area contributed by atoms with E-state index in [1.54, 1.807) is 18.2 Å². The van der Waals surface area contributed by atoms with Crippen molar-refractivity contribution in [2.45, 2.75) is 19.9 Å². The maximum Gasteiger partial charge on any atom is 0.338 e. The van der Waals surface area contributed by atoms with Crippen LogP contribution in [0.4, 0.5) is 10.5 Å². The minimum absolute atomic E-state index is 0.0629. The van der Waals surface area contributed by atoms with Gasteiger partial charge in [0.1, 0.15) is 18.9 Å². The molecular formula is C23H23N3O5. The van der Waals surface area contributed by atoms with E-state index >= 15 is 0 Å². The molecule has 0 saturated carbocycles. The van der Waals surface area contributed by atoms with E-state index in [4.69, 9.17) is 9.47 Å². The molecule has 0 spiro atoms. The Bertz CT molecular complexity index is 1080. The number of anilines is 1. The van der Waals surface area contributed by atoms with Crippen LogP contribution >= 0.6 is 0 Å². The second kappa shape index (κ2) is 8.51. The van der Waals surface area contributed by atoms with Crippen molar-refractivity contribution in [1.82, 2.24) is 10.2 Å². The Kier molecular flexibility index (Phi) is 5.62. The van der Waals surface area contributed by atoms with Gasteiger partial charge in [-0.15, -0.1) is 0 Å². The van der Waals surface area contributed by atoms with Crippen molar-refractivity contribution in [3.63, 3.8) is 0 Å². The quantitative estimate of drug-likeness (QED) is 0.699. The number of amides is 3.